The molecule has 196 valence electrons. The van der Waals surface area contributed by atoms with Gasteiger partial charge in [-0.25, -0.2) is 10.4 Å². The predicted octanol–water partition coefficient (Wildman–Crippen LogP) is 3.60. The lowest BCUT2D eigenvalue weighted by molar-refractivity contribution is -0.113. The van der Waals surface area contributed by atoms with Gasteiger partial charge in [-0.1, -0.05) is 96.3 Å². The number of hydrogen-bond acceptors (Lipinski definition) is 6. The summed E-state index contributed by atoms with van der Waals surface area (Å²) in [5.41, 5.74) is 11.2. The molecule has 0 aliphatic carbocycles. The van der Waals surface area contributed by atoms with Gasteiger partial charge in [-0.05, 0) is 36.6 Å². The van der Waals surface area contributed by atoms with Crippen molar-refractivity contribution in [3.8, 4) is 0 Å². The number of carbonyl (C=O) groups is 1. The lowest BCUT2D eigenvalue weighted by atomic mass is 9.94. The molecule has 6 rings (SSSR count). The van der Waals surface area contributed by atoms with E-state index in [9.17, 15) is 9.59 Å². The van der Waals surface area contributed by atoms with E-state index in [4.69, 9.17) is 4.99 Å². The summed E-state index contributed by atoms with van der Waals surface area (Å²) in [7, 11) is 0. The molecule has 1 saturated heterocycles. The summed E-state index contributed by atoms with van der Waals surface area (Å²) >= 11 is 1.38. The smallest absolute Gasteiger partial charge is 0.270 e. The van der Waals surface area contributed by atoms with Crippen molar-refractivity contribution in [2.75, 3.05) is 11.9 Å². The number of hydrazine groups is 1. The van der Waals surface area contributed by atoms with Gasteiger partial charge in [0.15, 0.2) is 4.80 Å². The largest absolute Gasteiger partial charge is 0.322 e. The molecule has 0 saturated carbocycles. The van der Waals surface area contributed by atoms with Crippen LogP contribution in [-0.4, -0.2) is 17.0 Å². The predicted molar refractivity (Wildman–Crippen MR) is 155 cm³/mol. The maximum Gasteiger partial charge on any atom is 0.270 e. The number of aryl methyl sites for hydroxylation is 1. The molecule has 3 unspecified atom stereocenters. The number of carbonyl (C=O) groups excluding carboxylic acids is 1. The van der Waals surface area contributed by atoms with Crippen molar-refractivity contribution in [1.29, 1.82) is 0 Å². The molecule has 1 aromatic heterocycles. The Hall–Kier alpha value is -4.11. The van der Waals surface area contributed by atoms with Crippen LogP contribution in [0, 0.1) is 12.8 Å². The number of nitrogens with zero attached hydrogens (tertiary/aromatic N) is 2. The highest BCUT2D eigenvalue weighted by molar-refractivity contribution is 7.07. The van der Waals surface area contributed by atoms with E-state index in [0.29, 0.717) is 27.1 Å². The molecular weight excluding hydrogens is 506 g/mol. The highest BCUT2D eigenvalue weighted by Gasteiger charge is 2.33. The molecule has 1 fully saturated rings. The molecule has 3 N–H and O–H groups in total. The fourth-order valence-corrected chi connectivity index (χ4v) is 6.43. The molecule has 3 aromatic carbocycles. The summed E-state index contributed by atoms with van der Waals surface area (Å²) < 4.78 is 2.30. The topological polar surface area (TPSA) is 87.5 Å². The van der Waals surface area contributed by atoms with Crippen molar-refractivity contribution in [2.24, 2.45) is 10.9 Å². The lowest BCUT2D eigenvalue weighted by Crippen LogP contribution is -2.40. The Balaban J connectivity index is 1.44. The minimum atomic E-state index is -0.585. The van der Waals surface area contributed by atoms with E-state index < -0.39 is 6.04 Å². The van der Waals surface area contributed by atoms with Crippen molar-refractivity contribution >= 4 is 29.0 Å². The standard InChI is InChI=1S/C31H29N5O2S/c1-19-11-9-10-16-24(19)34-29(37)26-20(2)33-31-36(28(26)22-14-7-4-8-15-22)30(38)25(39-31)17-23-18-32-35-27(23)21-12-5-3-6-13-21/h3-17,23,27-28,32,35H,18H2,1-2H3,(H,34,37)/b25-17+. The van der Waals surface area contributed by atoms with E-state index in [1.165, 1.54) is 11.3 Å². The third-order valence-corrected chi connectivity index (χ3v) is 8.32. The van der Waals surface area contributed by atoms with Crippen LogP contribution in [0.3, 0.4) is 0 Å². The third-order valence-electron chi connectivity index (χ3n) is 7.32. The normalized spacial score (nSPS) is 21.0. The molecular formula is C31H29N5O2S. The molecule has 2 aliphatic rings. The van der Waals surface area contributed by atoms with Gasteiger partial charge in [0.1, 0.15) is 0 Å². The Morgan fingerprint density at radius 2 is 1.64 bits per heavy atom. The fraction of sp³-hybridized carbons (Fsp3) is 0.194. The van der Waals surface area contributed by atoms with Crippen LogP contribution in [-0.2, 0) is 4.79 Å². The van der Waals surface area contributed by atoms with Crippen LogP contribution in [0.4, 0.5) is 5.69 Å². The summed E-state index contributed by atoms with van der Waals surface area (Å²) in [4.78, 5) is 33.1. The first-order valence-corrected chi connectivity index (χ1v) is 13.8. The van der Waals surface area contributed by atoms with Gasteiger partial charge in [0.25, 0.3) is 11.5 Å². The molecule has 3 heterocycles. The molecule has 0 radical (unpaired) electrons. The fourth-order valence-electron chi connectivity index (χ4n) is 5.33. The van der Waals surface area contributed by atoms with Crippen LogP contribution in [0.25, 0.3) is 6.08 Å². The Labute approximate surface area is 230 Å². The number of amides is 1. The van der Waals surface area contributed by atoms with Crippen LogP contribution in [0.1, 0.15) is 35.7 Å². The molecule has 39 heavy (non-hydrogen) atoms. The maximum atomic E-state index is 14.0. The second-order valence-electron chi connectivity index (χ2n) is 9.86. The quantitative estimate of drug-likeness (QED) is 0.365. The van der Waals surface area contributed by atoms with Gasteiger partial charge >= 0.3 is 0 Å². The molecule has 3 atom stereocenters. The number of hydrogen-bond donors (Lipinski definition) is 3. The van der Waals surface area contributed by atoms with Gasteiger partial charge < -0.3 is 5.32 Å². The zero-order valence-electron chi connectivity index (χ0n) is 21.7. The number of fused-ring (bicyclic) bond motifs is 1. The van der Waals surface area contributed by atoms with Gasteiger partial charge in [0, 0.05) is 18.2 Å². The number of anilines is 1. The first-order chi connectivity index (χ1) is 19.0. The van der Waals surface area contributed by atoms with Crippen molar-refractivity contribution < 1.29 is 4.79 Å². The molecule has 1 amide bonds. The van der Waals surface area contributed by atoms with Gasteiger partial charge in [0.05, 0.1) is 27.9 Å². The summed E-state index contributed by atoms with van der Waals surface area (Å²) in [5.74, 6) is -0.184. The number of para-hydroxylation sites is 1. The van der Waals surface area contributed by atoms with Crippen molar-refractivity contribution in [3.05, 3.63) is 133 Å². The maximum absolute atomic E-state index is 14.0. The van der Waals surface area contributed by atoms with Crippen LogP contribution in [0.5, 0.6) is 0 Å². The lowest BCUT2D eigenvalue weighted by Gasteiger charge is -2.25. The minimum absolute atomic E-state index is 0.0481. The molecule has 7 nitrogen and oxygen atoms in total. The monoisotopic (exact) mass is 535 g/mol. The van der Waals surface area contributed by atoms with Gasteiger partial charge in [-0.15, -0.1) is 0 Å². The molecule has 8 heteroatoms. The zero-order valence-corrected chi connectivity index (χ0v) is 22.5. The molecule has 4 aromatic rings. The number of nitrogens with one attached hydrogen (secondary N) is 3. The highest BCUT2D eigenvalue weighted by Crippen LogP contribution is 2.31. The molecule has 0 spiro atoms. The Kier molecular flexibility index (Phi) is 6.83. The Morgan fingerprint density at radius 3 is 2.36 bits per heavy atom. The van der Waals surface area contributed by atoms with Crippen LogP contribution >= 0.6 is 11.3 Å². The number of rotatable bonds is 5. The van der Waals surface area contributed by atoms with E-state index in [2.05, 4.69) is 28.3 Å². The number of thiazole rings is 1. The zero-order chi connectivity index (χ0) is 26.9. The average Bonchev–Trinajstić information content (AvgIpc) is 3.54. The first-order valence-electron chi connectivity index (χ1n) is 13.0. The summed E-state index contributed by atoms with van der Waals surface area (Å²) in [5, 5.41) is 3.06. The van der Waals surface area contributed by atoms with E-state index >= 15 is 0 Å². The average molecular weight is 536 g/mol. The first kappa shape index (κ1) is 25.2. The molecule has 2 aliphatic heterocycles. The van der Waals surface area contributed by atoms with E-state index in [1.807, 2.05) is 92.7 Å². The molecule has 0 bridgehead atoms. The van der Waals surface area contributed by atoms with Crippen LogP contribution in [0.2, 0.25) is 0 Å². The minimum Gasteiger partial charge on any atom is -0.322 e. The van der Waals surface area contributed by atoms with Crippen molar-refractivity contribution in [3.63, 3.8) is 0 Å². The van der Waals surface area contributed by atoms with Gasteiger partial charge in [0.2, 0.25) is 0 Å². The van der Waals surface area contributed by atoms with E-state index in [1.54, 1.807) is 4.57 Å². The Bertz CT molecular complexity index is 1740. The highest BCUT2D eigenvalue weighted by atomic mass is 32.1. The van der Waals surface area contributed by atoms with Crippen LogP contribution in [0.15, 0.2) is 106 Å². The van der Waals surface area contributed by atoms with Crippen LogP contribution < -0.4 is 31.1 Å². The SMILES string of the molecule is CC1=C(C(=O)Nc2ccccc2C)C(c2ccccc2)n2c(s/c(=C/C3CNNC3c3ccccc3)c2=O)=N1. The van der Waals surface area contributed by atoms with E-state index in [-0.39, 0.29) is 23.4 Å². The summed E-state index contributed by atoms with van der Waals surface area (Å²) in [6, 6.07) is 27.0. The third kappa shape index (κ3) is 4.78. The summed E-state index contributed by atoms with van der Waals surface area (Å²) in [6.07, 6.45) is 2.04. The van der Waals surface area contributed by atoms with Gasteiger partial charge in [-0.3, -0.25) is 19.6 Å². The van der Waals surface area contributed by atoms with Crippen molar-refractivity contribution in [2.45, 2.75) is 25.9 Å². The van der Waals surface area contributed by atoms with Gasteiger partial charge in [-0.2, -0.15) is 0 Å². The Morgan fingerprint density at radius 1 is 0.974 bits per heavy atom. The van der Waals surface area contributed by atoms with Crippen molar-refractivity contribution in [1.82, 2.24) is 15.4 Å². The van der Waals surface area contributed by atoms with E-state index in [0.717, 1.165) is 22.4 Å². The summed E-state index contributed by atoms with van der Waals surface area (Å²) in [6.45, 7) is 4.50. The number of benzene rings is 3. The number of allylic oxidation sites excluding steroid dienone is 1. The number of aromatic nitrogens is 1. The second-order valence-corrected chi connectivity index (χ2v) is 10.9. The second kappa shape index (κ2) is 10.6.